The van der Waals surface area contributed by atoms with Gasteiger partial charge in [0, 0.05) is 6.92 Å². The number of benzene rings is 1. The lowest BCUT2D eigenvalue weighted by atomic mass is 10.2. The second kappa shape index (κ2) is 7.10. The molecule has 1 fully saturated rings. The van der Waals surface area contributed by atoms with Crippen LogP contribution in [0.15, 0.2) is 54.2 Å². The van der Waals surface area contributed by atoms with Gasteiger partial charge < -0.3 is 9.47 Å². The summed E-state index contributed by atoms with van der Waals surface area (Å²) in [7, 11) is -3.56. The Labute approximate surface area is 136 Å². The van der Waals surface area contributed by atoms with E-state index in [4.69, 9.17) is 9.47 Å². The van der Waals surface area contributed by atoms with E-state index in [2.05, 4.69) is 6.58 Å². The number of aryl methyl sites for hydroxylation is 1. The van der Waals surface area contributed by atoms with E-state index in [0.717, 1.165) is 5.56 Å². The van der Waals surface area contributed by atoms with Crippen molar-refractivity contribution in [3.63, 3.8) is 0 Å². The summed E-state index contributed by atoms with van der Waals surface area (Å²) in [6.45, 7) is 6.82. The number of ether oxygens (including phenoxy) is 2. The van der Waals surface area contributed by atoms with E-state index in [-0.39, 0.29) is 11.0 Å². The van der Waals surface area contributed by atoms with E-state index < -0.39 is 27.2 Å². The summed E-state index contributed by atoms with van der Waals surface area (Å²) in [5, 5.41) is -0.750. The molecule has 0 amide bonds. The molecule has 1 aliphatic rings. The number of rotatable bonds is 5. The average Bonchev–Trinajstić information content (AvgIpc) is 2.91. The zero-order chi connectivity index (χ0) is 17.0. The molecule has 23 heavy (non-hydrogen) atoms. The van der Waals surface area contributed by atoms with Crippen LogP contribution in [0.5, 0.6) is 0 Å². The molecule has 0 spiro atoms. The molecule has 3 atom stereocenters. The van der Waals surface area contributed by atoms with Crippen molar-refractivity contribution in [1.29, 1.82) is 0 Å². The highest BCUT2D eigenvalue weighted by Gasteiger charge is 2.42. The summed E-state index contributed by atoms with van der Waals surface area (Å²) < 4.78 is 36.1. The molecule has 2 rings (SSSR count). The fourth-order valence-electron chi connectivity index (χ4n) is 2.45. The standard InChI is InChI=1S/C17H20O5S/c1-4-14-11-17(16(22-14)9-10-21-13(3)18)23(19,20)15-7-5-12(2)6-8-15/h4-10,14,16-17H,1,11H2,2-3H3/b10-9+/t14-,16+,17+/m0/s1. The van der Waals surface area contributed by atoms with Crippen molar-refractivity contribution in [2.45, 2.75) is 42.6 Å². The fraction of sp³-hybridized carbons (Fsp3) is 0.353. The lowest BCUT2D eigenvalue weighted by Crippen LogP contribution is -2.29. The Morgan fingerprint density at radius 3 is 2.57 bits per heavy atom. The van der Waals surface area contributed by atoms with E-state index in [1.54, 1.807) is 30.3 Å². The second-order valence-corrected chi connectivity index (χ2v) is 7.61. The van der Waals surface area contributed by atoms with Crippen LogP contribution in [-0.4, -0.2) is 31.8 Å². The minimum Gasteiger partial charge on any atom is -0.435 e. The summed E-state index contributed by atoms with van der Waals surface area (Å²) >= 11 is 0. The van der Waals surface area contributed by atoms with Crippen LogP contribution in [0, 0.1) is 6.92 Å². The van der Waals surface area contributed by atoms with Gasteiger partial charge in [-0.2, -0.15) is 0 Å². The molecule has 124 valence electrons. The molecule has 0 saturated carbocycles. The predicted molar refractivity (Wildman–Crippen MR) is 86.5 cm³/mol. The first kappa shape index (κ1) is 17.4. The van der Waals surface area contributed by atoms with Gasteiger partial charge in [0.15, 0.2) is 9.84 Å². The highest BCUT2D eigenvalue weighted by molar-refractivity contribution is 7.92. The topological polar surface area (TPSA) is 69.7 Å². The first-order valence-corrected chi connectivity index (χ1v) is 8.81. The number of carbonyl (C=O) groups excluding carboxylic acids is 1. The lowest BCUT2D eigenvalue weighted by Gasteiger charge is -2.16. The van der Waals surface area contributed by atoms with Crippen LogP contribution in [0.2, 0.25) is 0 Å². The summed E-state index contributed by atoms with van der Waals surface area (Å²) in [5.41, 5.74) is 0.988. The van der Waals surface area contributed by atoms with Gasteiger partial charge in [-0.3, -0.25) is 4.79 Å². The maximum absolute atomic E-state index is 12.9. The molecule has 0 bridgehead atoms. The van der Waals surface area contributed by atoms with Crippen molar-refractivity contribution in [3.8, 4) is 0 Å². The van der Waals surface area contributed by atoms with Gasteiger partial charge >= 0.3 is 5.97 Å². The van der Waals surface area contributed by atoms with Crippen LogP contribution >= 0.6 is 0 Å². The zero-order valence-corrected chi connectivity index (χ0v) is 14.0. The van der Waals surface area contributed by atoms with Crippen molar-refractivity contribution in [2.75, 3.05) is 0 Å². The first-order valence-electron chi connectivity index (χ1n) is 7.27. The molecule has 0 aliphatic carbocycles. The van der Waals surface area contributed by atoms with Gasteiger partial charge in [-0.15, -0.1) is 6.58 Å². The van der Waals surface area contributed by atoms with E-state index >= 15 is 0 Å². The minimum absolute atomic E-state index is 0.257. The van der Waals surface area contributed by atoms with Crippen LogP contribution in [0.25, 0.3) is 0 Å². The Morgan fingerprint density at radius 2 is 2.00 bits per heavy atom. The molecule has 1 aromatic carbocycles. The van der Waals surface area contributed by atoms with Gasteiger partial charge in [0.2, 0.25) is 0 Å². The summed E-state index contributed by atoms with van der Waals surface area (Å²) in [5.74, 6) is -0.475. The molecule has 5 nitrogen and oxygen atoms in total. The van der Waals surface area contributed by atoms with Crippen LogP contribution in [0.1, 0.15) is 18.9 Å². The van der Waals surface area contributed by atoms with E-state index in [1.807, 2.05) is 6.92 Å². The molecule has 1 aliphatic heterocycles. The number of sulfone groups is 1. The first-order chi connectivity index (χ1) is 10.8. The largest absolute Gasteiger partial charge is 0.435 e. The SMILES string of the molecule is C=C[C@H]1C[C@@H](S(=O)(=O)c2ccc(C)cc2)[C@@H](/C=C/OC(C)=O)O1. The maximum Gasteiger partial charge on any atom is 0.307 e. The Balaban J connectivity index is 2.29. The Hall–Kier alpha value is -1.92. The third-order valence-electron chi connectivity index (χ3n) is 3.68. The number of esters is 1. The van der Waals surface area contributed by atoms with Crippen molar-refractivity contribution in [3.05, 3.63) is 54.8 Å². The molecule has 0 N–H and O–H groups in total. The molecule has 6 heteroatoms. The highest BCUT2D eigenvalue weighted by atomic mass is 32.2. The van der Waals surface area contributed by atoms with Crippen molar-refractivity contribution in [1.82, 2.24) is 0 Å². The highest BCUT2D eigenvalue weighted by Crippen LogP contribution is 2.32. The number of hydrogen-bond acceptors (Lipinski definition) is 5. The molecule has 0 aromatic heterocycles. The zero-order valence-electron chi connectivity index (χ0n) is 13.1. The lowest BCUT2D eigenvalue weighted by molar-refractivity contribution is -0.135. The fourth-order valence-corrected chi connectivity index (χ4v) is 4.26. The van der Waals surface area contributed by atoms with Crippen LogP contribution in [0.3, 0.4) is 0 Å². The van der Waals surface area contributed by atoms with Gasteiger partial charge in [0.05, 0.1) is 28.6 Å². The van der Waals surface area contributed by atoms with Crippen LogP contribution < -0.4 is 0 Å². The number of carbonyl (C=O) groups is 1. The predicted octanol–water partition coefficient (Wildman–Crippen LogP) is 2.56. The Kier molecular flexibility index (Phi) is 5.38. The van der Waals surface area contributed by atoms with E-state index in [9.17, 15) is 13.2 Å². The molecule has 0 unspecified atom stereocenters. The van der Waals surface area contributed by atoms with Crippen LogP contribution in [-0.2, 0) is 24.1 Å². The Morgan fingerprint density at radius 1 is 1.35 bits per heavy atom. The molecule has 0 radical (unpaired) electrons. The quantitative estimate of drug-likeness (QED) is 0.469. The van der Waals surface area contributed by atoms with E-state index in [0.29, 0.717) is 6.42 Å². The molecule has 1 heterocycles. The maximum atomic E-state index is 12.9. The van der Waals surface area contributed by atoms with Crippen LogP contribution in [0.4, 0.5) is 0 Å². The van der Waals surface area contributed by atoms with Crippen molar-refractivity contribution in [2.24, 2.45) is 0 Å². The van der Waals surface area contributed by atoms with E-state index in [1.165, 1.54) is 19.3 Å². The van der Waals surface area contributed by atoms with Crippen molar-refractivity contribution < 1.29 is 22.7 Å². The summed E-state index contributed by atoms with van der Waals surface area (Å²) in [6, 6.07) is 6.71. The molecular weight excluding hydrogens is 316 g/mol. The second-order valence-electron chi connectivity index (χ2n) is 5.45. The average molecular weight is 336 g/mol. The third-order valence-corrected chi connectivity index (χ3v) is 5.86. The van der Waals surface area contributed by atoms with Gasteiger partial charge in [0.1, 0.15) is 0 Å². The van der Waals surface area contributed by atoms with Gasteiger partial charge in [-0.25, -0.2) is 8.42 Å². The normalized spacial score (nSPS) is 24.7. The molecule has 1 aromatic rings. The molecule has 1 saturated heterocycles. The monoisotopic (exact) mass is 336 g/mol. The van der Waals surface area contributed by atoms with Gasteiger partial charge in [-0.1, -0.05) is 23.8 Å². The smallest absolute Gasteiger partial charge is 0.307 e. The minimum atomic E-state index is -3.56. The third kappa shape index (κ3) is 4.09. The summed E-state index contributed by atoms with van der Waals surface area (Å²) in [4.78, 5) is 11.1. The Bertz CT molecular complexity index is 703. The van der Waals surface area contributed by atoms with Crippen molar-refractivity contribution >= 4 is 15.8 Å². The molecular formula is C17H20O5S. The van der Waals surface area contributed by atoms with Gasteiger partial charge in [-0.05, 0) is 31.6 Å². The van der Waals surface area contributed by atoms with Gasteiger partial charge in [0.25, 0.3) is 0 Å². The number of hydrogen-bond donors (Lipinski definition) is 0. The summed E-state index contributed by atoms with van der Waals surface area (Å²) in [6.07, 6.45) is 3.49.